The number of H-pyrrole nitrogens is 2. The number of non-ortho nitro benzene ring substituents is 1. The number of rotatable bonds is 5. The fourth-order valence-electron chi connectivity index (χ4n) is 2.23. The van der Waals surface area contributed by atoms with Crippen LogP contribution in [-0.4, -0.2) is 58.0 Å². The average molecular weight is 423 g/mol. The van der Waals surface area contributed by atoms with Crippen LogP contribution in [0.25, 0.3) is 11.4 Å². The SMILES string of the molecule is NC(=O)c1cccc(-c2nnn[nH]2)c1.O=C(Nc1nnn[nH]1)c1ccc([N+](=O)[O-])cc1. The van der Waals surface area contributed by atoms with Crippen molar-refractivity contribution >= 4 is 23.5 Å². The Hall–Kier alpha value is -5.08. The lowest BCUT2D eigenvalue weighted by Gasteiger charge is -2.00. The van der Waals surface area contributed by atoms with Gasteiger partial charge >= 0.3 is 0 Å². The van der Waals surface area contributed by atoms with Crippen LogP contribution in [0.15, 0.2) is 48.5 Å². The van der Waals surface area contributed by atoms with Crippen LogP contribution in [0.3, 0.4) is 0 Å². The van der Waals surface area contributed by atoms with Gasteiger partial charge in [-0.1, -0.05) is 17.2 Å². The van der Waals surface area contributed by atoms with Gasteiger partial charge in [-0.15, -0.1) is 5.10 Å². The number of nitrogens with one attached hydrogen (secondary N) is 3. The minimum Gasteiger partial charge on any atom is -0.366 e. The Kier molecular flexibility index (Phi) is 6.27. The highest BCUT2D eigenvalue weighted by Crippen LogP contribution is 2.14. The number of hydrogen-bond donors (Lipinski definition) is 4. The highest BCUT2D eigenvalue weighted by molar-refractivity contribution is 6.03. The Morgan fingerprint density at radius 2 is 1.68 bits per heavy atom. The van der Waals surface area contributed by atoms with E-state index in [4.69, 9.17) is 5.73 Å². The molecule has 4 rings (SSSR count). The van der Waals surface area contributed by atoms with Crippen molar-refractivity contribution in [2.75, 3.05) is 5.32 Å². The van der Waals surface area contributed by atoms with Crippen LogP contribution in [0.4, 0.5) is 11.6 Å². The van der Waals surface area contributed by atoms with E-state index in [0.717, 1.165) is 5.56 Å². The Balaban J connectivity index is 0.000000179. The quantitative estimate of drug-likeness (QED) is 0.254. The zero-order valence-corrected chi connectivity index (χ0v) is 15.5. The van der Waals surface area contributed by atoms with Gasteiger partial charge in [-0.05, 0) is 45.1 Å². The minimum absolute atomic E-state index is 0.0807. The van der Waals surface area contributed by atoms with Crippen LogP contribution >= 0.6 is 0 Å². The molecule has 15 nitrogen and oxygen atoms in total. The number of carbonyl (C=O) groups is 2. The number of anilines is 1. The van der Waals surface area contributed by atoms with E-state index in [1.54, 1.807) is 24.3 Å². The molecule has 4 aromatic rings. The first-order chi connectivity index (χ1) is 14.9. The normalized spacial score (nSPS) is 9.94. The Morgan fingerprint density at radius 1 is 0.968 bits per heavy atom. The summed E-state index contributed by atoms with van der Waals surface area (Å²) in [6.07, 6.45) is 0. The molecule has 31 heavy (non-hydrogen) atoms. The first kappa shape index (κ1) is 20.6. The fourth-order valence-corrected chi connectivity index (χ4v) is 2.23. The Labute approximate surface area is 172 Å². The number of nitro benzene ring substituents is 1. The number of hydrogen-bond acceptors (Lipinski definition) is 10. The summed E-state index contributed by atoms with van der Waals surface area (Å²) in [5.74, 6) is -0.320. The smallest absolute Gasteiger partial charge is 0.269 e. The number of aromatic nitrogens is 8. The second-order valence-electron chi connectivity index (χ2n) is 5.70. The summed E-state index contributed by atoms with van der Waals surface area (Å²) in [6, 6.07) is 11.9. The van der Waals surface area contributed by atoms with E-state index in [1.165, 1.54) is 24.3 Å². The van der Waals surface area contributed by atoms with Crippen LogP contribution in [0, 0.1) is 10.1 Å². The molecule has 15 heteroatoms. The topological polar surface area (TPSA) is 224 Å². The molecule has 0 spiro atoms. The molecule has 0 bridgehead atoms. The number of aromatic amines is 2. The van der Waals surface area contributed by atoms with Crippen molar-refractivity contribution in [2.24, 2.45) is 5.73 Å². The maximum Gasteiger partial charge on any atom is 0.269 e. The van der Waals surface area contributed by atoms with Crippen molar-refractivity contribution in [3.63, 3.8) is 0 Å². The highest BCUT2D eigenvalue weighted by atomic mass is 16.6. The molecule has 2 amide bonds. The molecule has 156 valence electrons. The number of benzene rings is 2. The number of tetrazole rings is 2. The van der Waals surface area contributed by atoms with E-state index in [-0.39, 0.29) is 17.2 Å². The van der Waals surface area contributed by atoms with Gasteiger partial charge in [0.2, 0.25) is 11.9 Å². The standard InChI is InChI=1S/C8H6N6O3.C8H7N5O/c15-7(9-8-10-12-13-11-8)5-1-3-6(4-2-5)14(16)17;9-7(14)5-2-1-3-6(4-5)8-10-12-13-11-8/h1-4H,(H2,9,10,11,12,13,15);1-4H,(H2,9,14)(H,10,11,12,13). The summed E-state index contributed by atoms with van der Waals surface area (Å²) < 4.78 is 0. The van der Waals surface area contributed by atoms with Crippen molar-refractivity contribution in [1.29, 1.82) is 0 Å². The molecule has 0 atom stereocenters. The van der Waals surface area contributed by atoms with Gasteiger partial charge in [-0.25, -0.2) is 10.2 Å². The van der Waals surface area contributed by atoms with Crippen LogP contribution < -0.4 is 11.1 Å². The Morgan fingerprint density at radius 3 is 2.26 bits per heavy atom. The van der Waals surface area contributed by atoms with Crippen molar-refractivity contribution in [3.05, 3.63) is 69.8 Å². The van der Waals surface area contributed by atoms with Crippen LogP contribution in [-0.2, 0) is 0 Å². The molecule has 2 heterocycles. The molecule has 0 aliphatic carbocycles. The molecular weight excluding hydrogens is 410 g/mol. The second kappa shape index (κ2) is 9.41. The lowest BCUT2D eigenvalue weighted by Crippen LogP contribution is -2.12. The molecule has 0 aliphatic rings. The molecule has 0 aliphatic heterocycles. The van der Waals surface area contributed by atoms with Crippen molar-refractivity contribution in [1.82, 2.24) is 41.2 Å². The van der Waals surface area contributed by atoms with Crippen molar-refractivity contribution in [3.8, 4) is 11.4 Å². The average Bonchev–Trinajstić information content (AvgIpc) is 3.49. The molecule has 2 aromatic heterocycles. The Bertz CT molecular complexity index is 1170. The number of nitro groups is 1. The lowest BCUT2D eigenvalue weighted by molar-refractivity contribution is -0.384. The van der Waals surface area contributed by atoms with Gasteiger partial charge in [0.25, 0.3) is 11.6 Å². The maximum atomic E-state index is 11.6. The first-order valence-corrected chi connectivity index (χ1v) is 8.37. The minimum atomic E-state index is -0.540. The maximum absolute atomic E-state index is 11.6. The molecule has 0 saturated heterocycles. The van der Waals surface area contributed by atoms with E-state index >= 15 is 0 Å². The lowest BCUT2D eigenvalue weighted by atomic mass is 10.1. The summed E-state index contributed by atoms with van der Waals surface area (Å²) in [7, 11) is 0. The summed E-state index contributed by atoms with van der Waals surface area (Å²) >= 11 is 0. The zero-order valence-electron chi connectivity index (χ0n) is 15.5. The number of nitrogens with two attached hydrogens (primary N) is 1. The van der Waals surface area contributed by atoms with Gasteiger partial charge in [0.1, 0.15) is 0 Å². The van der Waals surface area contributed by atoms with Crippen LogP contribution in [0.5, 0.6) is 0 Å². The van der Waals surface area contributed by atoms with E-state index in [9.17, 15) is 19.7 Å². The highest BCUT2D eigenvalue weighted by Gasteiger charge is 2.10. The number of primary amides is 1. The number of amides is 2. The largest absolute Gasteiger partial charge is 0.366 e. The van der Waals surface area contributed by atoms with Crippen molar-refractivity contribution in [2.45, 2.75) is 0 Å². The third-order valence-corrected chi connectivity index (χ3v) is 3.68. The summed E-state index contributed by atoms with van der Waals surface area (Å²) in [4.78, 5) is 32.4. The molecule has 0 radical (unpaired) electrons. The van der Waals surface area contributed by atoms with Crippen LogP contribution in [0.1, 0.15) is 20.7 Å². The van der Waals surface area contributed by atoms with E-state index in [0.29, 0.717) is 11.4 Å². The predicted octanol–water partition coefficient (Wildman–Crippen LogP) is 0.326. The summed E-state index contributed by atoms with van der Waals surface area (Å²) in [5, 5.41) is 38.4. The third-order valence-electron chi connectivity index (χ3n) is 3.68. The summed E-state index contributed by atoms with van der Waals surface area (Å²) in [5.41, 5.74) is 6.48. The van der Waals surface area contributed by atoms with E-state index < -0.39 is 16.7 Å². The molecule has 2 aromatic carbocycles. The fraction of sp³-hybridized carbons (Fsp3) is 0. The van der Waals surface area contributed by atoms with Gasteiger partial charge in [-0.2, -0.15) is 0 Å². The second-order valence-corrected chi connectivity index (χ2v) is 5.70. The van der Waals surface area contributed by atoms with Gasteiger partial charge in [0, 0.05) is 28.8 Å². The van der Waals surface area contributed by atoms with Gasteiger partial charge in [0.05, 0.1) is 4.92 Å². The molecule has 0 saturated carbocycles. The van der Waals surface area contributed by atoms with Gasteiger partial charge < -0.3 is 5.73 Å². The third kappa shape index (κ3) is 5.47. The molecule has 5 N–H and O–H groups in total. The molecule has 0 fully saturated rings. The number of carbonyl (C=O) groups excluding carboxylic acids is 2. The number of nitrogens with zero attached hydrogens (tertiary/aromatic N) is 7. The van der Waals surface area contributed by atoms with Gasteiger partial charge in [0.15, 0.2) is 5.82 Å². The van der Waals surface area contributed by atoms with Gasteiger partial charge in [-0.3, -0.25) is 25.0 Å². The predicted molar refractivity (Wildman–Crippen MR) is 103 cm³/mol. The van der Waals surface area contributed by atoms with Crippen LogP contribution in [0.2, 0.25) is 0 Å². The zero-order chi connectivity index (χ0) is 22.2. The first-order valence-electron chi connectivity index (χ1n) is 8.37. The molecule has 0 unspecified atom stereocenters. The van der Waals surface area contributed by atoms with E-state index in [1.807, 2.05) is 0 Å². The molecular formula is C16H13N11O4. The van der Waals surface area contributed by atoms with Crippen molar-refractivity contribution < 1.29 is 14.5 Å². The monoisotopic (exact) mass is 423 g/mol. The van der Waals surface area contributed by atoms with E-state index in [2.05, 4.69) is 46.6 Å². The summed E-state index contributed by atoms with van der Waals surface area (Å²) in [6.45, 7) is 0.